The lowest BCUT2D eigenvalue weighted by Crippen LogP contribution is -1.75. The molecule has 0 aliphatic heterocycles. The van der Waals surface area contributed by atoms with Gasteiger partial charge in [0.05, 0.1) is 6.54 Å². The Balaban J connectivity index is 2.66. The van der Waals surface area contributed by atoms with Gasteiger partial charge in [0.1, 0.15) is 0 Å². The zero-order chi connectivity index (χ0) is 4.83. The van der Waals surface area contributed by atoms with Crippen LogP contribution in [0.4, 0.5) is 0 Å². The first-order chi connectivity index (χ1) is 2.91. The van der Waals surface area contributed by atoms with E-state index in [1.807, 2.05) is 0 Å². The summed E-state index contributed by atoms with van der Waals surface area (Å²) < 4.78 is 0. The topological polar surface area (TPSA) is 60.1 Å². The monoisotopic (exact) mass is 85.1 g/mol. The molecule has 2 N–H and O–H groups in total. The Morgan fingerprint density at radius 1 is 1.67 bits per heavy atom. The molecule has 0 atom stereocenters. The molecule has 0 bridgehead atoms. The molecule has 0 amide bonds. The third-order valence-electron chi connectivity index (χ3n) is 0.385. The molecular formula is C3H7N3. The lowest BCUT2D eigenvalue weighted by Gasteiger charge is -1.74. The van der Waals surface area contributed by atoms with Crippen molar-refractivity contribution in [1.82, 2.24) is 0 Å². The molecule has 6 heavy (non-hydrogen) atoms. The summed E-state index contributed by atoms with van der Waals surface area (Å²) in [6.07, 6.45) is 1.85. The lowest BCUT2D eigenvalue weighted by molar-refractivity contribution is 0.911. The van der Waals surface area contributed by atoms with E-state index < -0.39 is 0 Å². The molecular weight excluding hydrogens is 78.1 g/mol. The van der Waals surface area contributed by atoms with E-state index in [2.05, 4.69) is 5.11 Å². The third-order valence-corrected chi connectivity index (χ3v) is 0.385. The zero-order valence-electron chi connectivity index (χ0n) is 3.44. The maximum Gasteiger partial charge on any atom is 0.0645 e. The minimum absolute atomic E-state index is 0.462. The second-order valence-corrected chi connectivity index (χ2v) is 0.875. The molecule has 0 aliphatic rings. The van der Waals surface area contributed by atoms with E-state index in [9.17, 15) is 0 Å². The molecule has 0 aromatic rings. The summed E-state index contributed by atoms with van der Waals surface area (Å²) in [5, 5.41) is 9.46. The number of nitrogens with one attached hydrogen (secondary N) is 2. The highest BCUT2D eigenvalue weighted by Crippen LogP contribution is 1.69. The molecule has 0 saturated heterocycles. The Hall–Kier alpha value is -0.730. The van der Waals surface area contributed by atoms with E-state index in [1.54, 1.807) is 0 Å². The summed E-state index contributed by atoms with van der Waals surface area (Å²) in [6, 6.07) is 0. The van der Waals surface area contributed by atoms with Gasteiger partial charge in [-0.3, -0.25) is 0 Å². The maximum atomic E-state index is 6.44. The van der Waals surface area contributed by atoms with Crippen molar-refractivity contribution in [2.75, 3.05) is 6.54 Å². The van der Waals surface area contributed by atoms with E-state index in [0.29, 0.717) is 13.0 Å². The molecule has 0 fully saturated rings. The fraction of sp³-hybridized carbons (Fsp3) is 0.667. The molecule has 0 heterocycles. The van der Waals surface area contributed by atoms with Gasteiger partial charge in [0.2, 0.25) is 0 Å². The van der Waals surface area contributed by atoms with Gasteiger partial charge in [0.15, 0.2) is 0 Å². The van der Waals surface area contributed by atoms with Gasteiger partial charge in [-0.1, -0.05) is 0 Å². The molecule has 0 radical (unpaired) electrons. The molecule has 0 aromatic heterocycles. The molecule has 3 heteroatoms. The minimum atomic E-state index is 0.462. The second-order valence-electron chi connectivity index (χ2n) is 0.875. The molecule has 0 spiro atoms. The Morgan fingerprint density at radius 2 is 2.33 bits per heavy atom. The quantitative estimate of drug-likeness (QED) is 0.292. The second kappa shape index (κ2) is 4.27. The number of rotatable bonds is 3. The van der Waals surface area contributed by atoms with Crippen LogP contribution in [0.15, 0.2) is 5.11 Å². The highest BCUT2D eigenvalue weighted by Gasteiger charge is 1.69. The van der Waals surface area contributed by atoms with Crippen LogP contribution in [-0.2, 0) is 0 Å². The summed E-state index contributed by atoms with van der Waals surface area (Å²) in [5.74, 6) is 0. The van der Waals surface area contributed by atoms with Gasteiger partial charge in [0.25, 0.3) is 0 Å². The van der Waals surface area contributed by atoms with Crippen molar-refractivity contribution in [3.8, 4) is 0 Å². The Bertz CT molecular complexity index is 42.0. The molecule has 0 saturated carbocycles. The molecule has 0 aliphatic carbocycles. The van der Waals surface area contributed by atoms with Gasteiger partial charge < -0.3 is 5.41 Å². The average Bonchev–Trinajstić information content (AvgIpc) is 1.61. The van der Waals surface area contributed by atoms with Crippen LogP contribution in [0.1, 0.15) is 6.42 Å². The third kappa shape index (κ3) is 3.27. The molecule has 0 unspecified atom stereocenters. The molecule has 34 valence electrons. The van der Waals surface area contributed by atoms with Crippen molar-refractivity contribution in [1.29, 1.82) is 10.9 Å². The van der Waals surface area contributed by atoms with E-state index in [-0.39, 0.29) is 0 Å². The standard InChI is InChI=1S/C3H7N3/c4-2-1-3-6-5/h2,4-5H,1,3H2. The highest BCUT2D eigenvalue weighted by atomic mass is 14.9. The van der Waals surface area contributed by atoms with Crippen LogP contribution in [-0.4, -0.2) is 12.8 Å². The van der Waals surface area contributed by atoms with Gasteiger partial charge in [-0.15, -0.1) is 0 Å². The van der Waals surface area contributed by atoms with Crippen molar-refractivity contribution >= 4 is 6.21 Å². The van der Waals surface area contributed by atoms with Crippen LogP contribution >= 0.6 is 0 Å². The zero-order valence-corrected chi connectivity index (χ0v) is 3.44. The first-order valence-electron chi connectivity index (χ1n) is 1.74. The summed E-state index contributed by atoms with van der Waals surface area (Å²) in [6.45, 7) is 0.462. The SMILES string of the molecule is N=CCCN=N. The first-order valence-corrected chi connectivity index (χ1v) is 1.74. The summed E-state index contributed by atoms with van der Waals surface area (Å²) in [5.41, 5.74) is 6.23. The van der Waals surface area contributed by atoms with Crippen molar-refractivity contribution in [2.45, 2.75) is 6.42 Å². The van der Waals surface area contributed by atoms with Crippen molar-refractivity contribution in [3.63, 3.8) is 0 Å². The smallest absolute Gasteiger partial charge is 0.0645 e. The number of hydrogen-bond acceptors (Lipinski definition) is 3. The average molecular weight is 85.1 g/mol. The summed E-state index contributed by atoms with van der Waals surface area (Å²) >= 11 is 0. The van der Waals surface area contributed by atoms with Gasteiger partial charge in [-0.25, -0.2) is 5.53 Å². The summed E-state index contributed by atoms with van der Waals surface area (Å²) in [7, 11) is 0. The molecule has 0 aromatic carbocycles. The van der Waals surface area contributed by atoms with Crippen molar-refractivity contribution in [3.05, 3.63) is 0 Å². The number of hydrogen-bond donors (Lipinski definition) is 2. The predicted octanol–water partition coefficient (Wildman–Crippen LogP) is 1.06. The van der Waals surface area contributed by atoms with Crippen molar-refractivity contribution < 1.29 is 0 Å². The normalized spacial score (nSPS) is 7.33. The number of nitrogens with zero attached hydrogens (tertiary/aromatic N) is 1. The Kier molecular flexibility index (Phi) is 3.75. The molecule has 0 rings (SSSR count). The fourth-order valence-corrected chi connectivity index (χ4v) is 0.129. The van der Waals surface area contributed by atoms with Gasteiger partial charge in [-0.2, -0.15) is 5.11 Å². The lowest BCUT2D eigenvalue weighted by atomic mass is 10.5. The summed E-state index contributed by atoms with van der Waals surface area (Å²) in [4.78, 5) is 0. The van der Waals surface area contributed by atoms with Crippen LogP contribution in [0, 0.1) is 10.9 Å². The van der Waals surface area contributed by atoms with E-state index in [0.717, 1.165) is 0 Å². The largest absolute Gasteiger partial charge is 0.313 e. The van der Waals surface area contributed by atoms with Gasteiger partial charge in [-0.05, 0) is 6.21 Å². The highest BCUT2D eigenvalue weighted by molar-refractivity contribution is 5.52. The van der Waals surface area contributed by atoms with Crippen LogP contribution in [0.5, 0.6) is 0 Å². The predicted molar refractivity (Wildman–Crippen MR) is 23.4 cm³/mol. The van der Waals surface area contributed by atoms with Crippen LogP contribution in [0.2, 0.25) is 0 Å². The maximum absolute atomic E-state index is 6.44. The van der Waals surface area contributed by atoms with Crippen LogP contribution < -0.4 is 0 Å². The van der Waals surface area contributed by atoms with Gasteiger partial charge >= 0.3 is 0 Å². The Labute approximate surface area is 36.4 Å². The fourth-order valence-electron chi connectivity index (χ4n) is 0.129. The van der Waals surface area contributed by atoms with Crippen molar-refractivity contribution in [2.24, 2.45) is 5.11 Å². The van der Waals surface area contributed by atoms with E-state index in [4.69, 9.17) is 10.9 Å². The minimum Gasteiger partial charge on any atom is -0.313 e. The van der Waals surface area contributed by atoms with E-state index in [1.165, 1.54) is 6.21 Å². The van der Waals surface area contributed by atoms with E-state index >= 15 is 0 Å². The van der Waals surface area contributed by atoms with Crippen LogP contribution in [0.3, 0.4) is 0 Å². The van der Waals surface area contributed by atoms with Crippen LogP contribution in [0.25, 0.3) is 0 Å². The first kappa shape index (κ1) is 5.27. The molecule has 3 nitrogen and oxygen atoms in total. The van der Waals surface area contributed by atoms with Gasteiger partial charge in [0, 0.05) is 6.42 Å². The Morgan fingerprint density at radius 3 is 2.50 bits per heavy atom.